The van der Waals surface area contributed by atoms with Crippen LogP contribution in [-0.4, -0.2) is 51.1 Å². The first kappa shape index (κ1) is 19.5. The summed E-state index contributed by atoms with van der Waals surface area (Å²) in [5.41, 5.74) is 1.11. The van der Waals surface area contributed by atoms with Crippen LogP contribution in [0.2, 0.25) is 0 Å². The lowest BCUT2D eigenvalue weighted by Gasteiger charge is -2.12. The molecule has 0 saturated heterocycles. The van der Waals surface area contributed by atoms with Gasteiger partial charge in [0.1, 0.15) is 0 Å². The van der Waals surface area contributed by atoms with Crippen LogP contribution in [0.5, 0.6) is 0 Å². The van der Waals surface area contributed by atoms with E-state index in [2.05, 4.69) is 5.32 Å². The highest BCUT2D eigenvalue weighted by Gasteiger charge is 2.19. The van der Waals surface area contributed by atoms with Crippen molar-refractivity contribution in [3.8, 4) is 0 Å². The first-order valence-corrected chi connectivity index (χ1v) is 9.32. The van der Waals surface area contributed by atoms with Crippen LogP contribution in [0.4, 0.5) is 4.79 Å². The minimum atomic E-state index is -3.75. The van der Waals surface area contributed by atoms with E-state index in [4.69, 9.17) is 5.11 Å². The minimum Gasteiger partial charge on any atom is -0.465 e. The van der Waals surface area contributed by atoms with Crippen molar-refractivity contribution in [1.29, 1.82) is 0 Å². The lowest BCUT2D eigenvalue weighted by atomic mass is 10.1. The first-order chi connectivity index (χ1) is 12.2. The zero-order valence-corrected chi connectivity index (χ0v) is 15.3. The molecule has 0 aliphatic rings. The van der Waals surface area contributed by atoms with E-state index in [9.17, 15) is 18.0 Å². The monoisotopic (exact) mass is 376 g/mol. The minimum absolute atomic E-state index is 0.0468. The Hall–Kier alpha value is -2.87. The van der Waals surface area contributed by atoms with Crippen LogP contribution in [0, 0.1) is 0 Å². The van der Waals surface area contributed by atoms with Crippen molar-refractivity contribution < 1.29 is 23.1 Å². The molecule has 2 rings (SSSR count). The molecule has 0 fully saturated rings. The Kier molecular flexibility index (Phi) is 5.99. The Balaban J connectivity index is 2.23. The number of amides is 2. The molecule has 8 heteroatoms. The second-order valence-corrected chi connectivity index (χ2v) is 7.81. The number of carboxylic acid groups (broad SMARTS) is 1. The maximum atomic E-state index is 12.8. The second kappa shape index (κ2) is 8.01. The van der Waals surface area contributed by atoms with Crippen molar-refractivity contribution in [1.82, 2.24) is 10.2 Å². The summed E-state index contributed by atoms with van der Waals surface area (Å²) in [4.78, 5) is 24.0. The van der Waals surface area contributed by atoms with Gasteiger partial charge in [0.25, 0.3) is 5.91 Å². The number of rotatable bonds is 6. The molecule has 0 heterocycles. The van der Waals surface area contributed by atoms with Crippen molar-refractivity contribution in [2.24, 2.45) is 0 Å². The molecule has 0 bridgehead atoms. The first-order valence-electron chi connectivity index (χ1n) is 7.84. The van der Waals surface area contributed by atoms with Gasteiger partial charge in [0.15, 0.2) is 0 Å². The summed E-state index contributed by atoms with van der Waals surface area (Å²) in [5.74, 6) is -0.275. The van der Waals surface area contributed by atoms with Gasteiger partial charge in [0.2, 0.25) is 9.84 Å². The van der Waals surface area contributed by atoms with E-state index < -0.39 is 15.9 Å². The van der Waals surface area contributed by atoms with Crippen LogP contribution in [0.1, 0.15) is 15.9 Å². The third kappa shape index (κ3) is 4.60. The number of nitrogens with zero attached hydrogens (tertiary/aromatic N) is 1. The Morgan fingerprint density at radius 2 is 1.69 bits per heavy atom. The third-order valence-electron chi connectivity index (χ3n) is 3.72. The van der Waals surface area contributed by atoms with Crippen LogP contribution in [0.15, 0.2) is 58.3 Å². The lowest BCUT2D eigenvalue weighted by molar-refractivity contribution is 0.0827. The predicted octanol–water partition coefficient (Wildman–Crippen LogP) is 2.03. The Bertz CT molecular complexity index is 905. The van der Waals surface area contributed by atoms with Crippen molar-refractivity contribution in [3.63, 3.8) is 0 Å². The van der Waals surface area contributed by atoms with Gasteiger partial charge in [0, 0.05) is 26.2 Å². The molecule has 0 unspecified atom stereocenters. The quantitative estimate of drug-likeness (QED) is 0.803. The van der Waals surface area contributed by atoms with Gasteiger partial charge in [-0.05, 0) is 42.3 Å². The van der Waals surface area contributed by atoms with Crippen LogP contribution in [0.25, 0.3) is 0 Å². The number of carbonyl (C=O) groups is 2. The number of hydrogen-bond acceptors (Lipinski definition) is 4. The summed E-state index contributed by atoms with van der Waals surface area (Å²) < 4.78 is 25.6. The summed E-state index contributed by atoms with van der Waals surface area (Å²) in [6.45, 7) is 0.246. The van der Waals surface area contributed by atoms with E-state index in [-0.39, 0.29) is 22.2 Å². The van der Waals surface area contributed by atoms with E-state index in [1.54, 1.807) is 32.3 Å². The van der Waals surface area contributed by atoms with E-state index >= 15 is 0 Å². The lowest BCUT2D eigenvalue weighted by Crippen LogP contribution is -2.23. The van der Waals surface area contributed by atoms with E-state index in [1.165, 1.54) is 35.2 Å². The smallest absolute Gasteiger partial charge is 0.404 e. The standard InChI is InChI=1S/C18H20N2O5S/c1-20(2)17(21)14-4-3-5-16(12-14)26(24,25)15-8-6-13(7-9-15)10-11-19-18(22)23/h3-9,12,19H,10-11H2,1-2H3,(H,22,23). The molecule has 0 aliphatic heterocycles. The van der Waals surface area contributed by atoms with E-state index in [0.717, 1.165) is 5.56 Å². The van der Waals surface area contributed by atoms with Crippen molar-refractivity contribution >= 4 is 21.8 Å². The fourth-order valence-corrected chi connectivity index (χ4v) is 3.65. The molecule has 2 aromatic rings. The Morgan fingerprint density at radius 1 is 1.04 bits per heavy atom. The SMILES string of the molecule is CN(C)C(=O)c1cccc(S(=O)(=O)c2ccc(CCNC(=O)O)cc2)c1. The van der Waals surface area contributed by atoms with Gasteiger partial charge >= 0.3 is 6.09 Å². The van der Waals surface area contributed by atoms with Gasteiger partial charge in [-0.1, -0.05) is 18.2 Å². The molecule has 26 heavy (non-hydrogen) atoms. The van der Waals surface area contributed by atoms with Gasteiger partial charge in [-0.15, -0.1) is 0 Å². The molecule has 0 radical (unpaired) electrons. The van der Waals surface area contributed by atoms with Crippen LogP contribution in [-0.2, 0) is 16.3 Å². The molecule has 0 saturated carbocycles. The highest BCUT2D eigenvalue weighted by molar-refractivity contribution is 7.91. The van der Waals surface area contributed by atoms with E-state index in [0.29, 0.717) is 12.0 Å². The highest BCUT2D eigenvalue weighted by atomic mass is 32.2. The van der Waals surface area contributed by atoms with Gasteiger partial charge in [0.05, 0.1) is 9.79 Å². The third-order valence-corrected chi connectivity index (χ3v) is 5.49. The van der Waals surface area contributed by atoms with Gasteiger partial charge in [-0.3, -0.25) is 4.79 Å². The van der Waals surface area contributed by atoms with Crippen LogP contribution >= 0.6 is 0 Å². The zero-order valence-electron chi connectivity index (χ0n) is 14.5. The molecule has 0 aliphatic carbocycles. The summed E-state index contributed by atoms with van der Waals surface area (Å²) in [6, 6.07) is 12.2. The van der Waals surface area contributed by atoms with Gasteiger partial charge < -0.3 is 15.3 Å². The maximum absolute atomic E-state index is 12.8. The molecule has 0 spiro atoms. The average Bonchev–Trinajstić information content (AvgIpc) is 2.61. The summed E-state index contributed by atoms with van der Waals surface area (Å²) >= 11 is 0. The van der Waals surface area contributed by atoms with Crippen LogP contribution in [0.3, 0.4) is 0 Å². The number of hydrogen-bond donors (Lipinski definition) is 2. The maximum Gasteiger partial charge on any atom is 0.404 e. The molecule has 7 nitrogen and oxygen atoms in total. The number of benzene rings is 2. The van der Waals surface area contributed by atoms with Gasteiger partial charge in [-0.2, -0.15) is 0 Å². The molecule has 138 valence electrons. The summed E-state index contributed by atoms with van der Waals surface area (Å²) in [7, 11) is -0.555. The zero-order chi connectivity index (χ0) is 19.3. The molecular weight excluding hydrogens is 356 g/mol. The van der Waals surface area contributed by atoms with Crippen molar-refractivity contribution in [3.05, 3.63) is 59.7 Å². The molecule has 2 N–H and O–H groups in total. The molecule has 0 atom stereocenters. The number of sulfone groups is 1. The average molecular weight is 376 g/mol. The molecule has 2 aromatic carbocycles. The Morgan fingerprint density at radius 3 is 2.27 bits per heavy atom. The van der Waals surface area contributed by atoms with E-state index in [1.807, 2.05) is 0 Å². The fraction of sp³-hybridized carbons (Fsp3) is 0.222. The molecule has 0 aromatic heterocycles. The van der Waals surface area contributed by atoms with Crippen molar-refractivity contribution in [2.45, 2.75) is 16.2 Å². The fourth-order valence-electron chi connectivity index (χ4n) is 2.34. The Labute approximate surface area is 152 Å². The molecule has 2 amide bonds. The largest absolute Gasteiger partial charge is 0.465 e. The van der Waals surface area contributed by atoms with Crippen molar-refractivity contribution in [2.75, 3.05) is 20.6 Å². The highest BCUT2D eigenvalue weighted by Crippen LogP contribution is 2.22. The molecular formula is C18H20N2O5S. The number of nitrogens with one attached hydrogen (secondary N) is 1. The summed E-state index contributed by atoms with van der Waals surface area (Å²) in [6.07, 6.45) is -0.643. The normalized spacial score (nSPS) is 11.0. The topological polar surface area (TPSA) is 104 Å². The van der Waals surface area contributed by atoms with Gasteiger partial charge in [-0.25, -0.2) is 13.2 Å². The van der Waals surface area contributed by atoms with Crippen LogP contribution < -0.4 is 5.32 Å². The number of carbonyl (C=O) groups excluding carboxylic acids is 1. The predicted molar refractivity (Wildman–Crippen MR) is 96.1 cm³/mol. The second-order valence-electron chi connectivity index (χ2n) is 5.86. The summed E-state index contributed by atoms with van der Waals surface area (Å²) in [5, 5.41) is 10.8.